The summed E-state index contributed by atoms with van der Waals surface area (Å²) in [7, 11) is 0. The Bertz CT molecular complexity index is 1070. The second-order valence-corrected chi connectivity index (χ2v) is 7.00. The lowest BCUT2D eigenvalue weighted by Crippen LogP contribution is -2.39. The van der Waals surface area contributed by atoms with Crippen molar-refractivity contribution in [2.75, 3.05) is 0 Å². The van der Waals surface area contributed by atoms with E-state index in [-0.39, 0.29) is 34.5 Å². The van der Waals surface area contributed by atoms with Gasteiger partial charge in [-0.3, -0.25) is 19.5 Å². The van der Waals surface area contributed by atoms with Crippen LogP contribution in [0.1, 0.15) is 32.1 Å². The van der Waals surface area contributed by atoms with Gasteiger partial charge in [0.2, 0.25) is 0 Å². The van der Waals surface area contributed by atoms with Crippen molar-refractivity contribution >= 4 is 16.7 Å². The highest BCUT2D eigenvalue weighted by molar-refractivity contribution is 5.76. The number of aliphatic hydroxyl groups is 1. The summed E-state index contributed by atoms with van der Waals surface area (Å²) in [4.78, 5) is 27.9. The molecule has 0 saturated heterocycles. The molecule has 1 fully saturated rings. The van der Waals surface area contributed by atoms with Crippen molar-refractivity contribution in [3.63, 3.8) is 0 Å². The molecule has 27 heavy (non-hydrogen) atoms. The topological polar surface area (TPSA) is 116 Å². The average Bonchev–Trinajstić information content (AvgIpc) is 3.09. The third-order valence-electron chi connectivity index (χ3n) is 5.11. The number of hydrogen-bond acceptors (Lipinski definition) is 6. The lowest BCUT2D eigenvalue weighted by molar-refractivity contribution is -0.384. The summed E-state index contributed by atoms with van der Waals surface area (Å²) in [5.41, 5.74) is -0.839. The fourth-order valence-corrected chi connectivity index (χ4v) is 3.72. The lowest BCUT2D eigenvalue weighted by Gasteiger charge is -2.32. The summed E-state index contributed by atoms with van der Waals surface area (Å²) in [6, 6.07) is 6.17. The molecule has 0 amide bonds. The first-order chi connectivity index (χ1) is 13.0. The van der Waals surface area contributed by atoms with Gasteiger partial charge in [-0.25, -0.2) is 9.67 Å². The van der Waals surface area contributed by atoms with Gasteiger partial charge in [0.15, 0.2) is 5.65 Å². The second kappa shape index (κ2) is 6.58. The van der Waals surface area contributed by atoms with Crippen LogP contribution in [0.25, 0.3) is 16.7 Å². The lowest BCUT2D eigenvalue weighted by atomic mass is 9.85. The highest BCUT2D eigenvalue weighted by Gasteiger charge is 2.30. The van der Waals surface area contributed by atoms with Crippen molar-refractivity contribution in [1.29, 1.82) is 0 Å². The Morgan fingerprint density at radius 1 is 1.22 bits per heavy atom. The highest BCUT2D eigenvalue weighted by Crippen LogP contribution is 2.29. The molecule has 2 heterocycles. The Kier molecular flexibility index (Phi) is 4.23. The smallest absolute Gasteiger partial charge is 0.294 e. The molecule has 9 nitrogen and oxygen atoms in total. The third-order valence-corrected chi connectivity index (χ3v) is 5.11. The van der Waals surface area contributed by atoms with Crippen LogP contribution in [0.5, 0.6) is 0 Å². The van der Waals surface area contributed by atoms with Crippen molar-refractivity contribution < 1.29 is 10.0 Å². The van der Waals surface area contributed by atoms with Crippen LogP contribution in [-0.4, -0.2) is 35.0 Å². The van der Waals surface area contributed by atoms with Crippen LogP contribution in [0.3, 0.4) is 0 Å². The van der Waals surface area contributed by atoms with Gasteiger partial charge in [-0.05, 0) is 18.9 Å². The Morgan fingerprint density at radius 3 is 2.70 bits per heavy atom. The van der Waals surface area contributed by atoms with Crippen molar-refractivity contribution in [2.24, 2.45) is 0 Å². The molecule has 0 radical (unpaired) electrons. The predicted octanol–water partition coefficient (Wildman–Crippen LogP) is 2.19. The third kappa shape index (κ3) is 3.10. The van der Waals surface area contributed by atoms with Gasteiger partial charge in [-0.1, -0.05) is 31.4 Å². The molecule has 1 saturated carbocycles. The van der Waals surface area contributed by atoms with Gasteiger partial charge in [0.1, 0.15) is 17.4 Å². The minimum atomic E-state index is -0.897. The molecular formula is C18H19N5O4. The largest absolute Gasteiger partial charge is 0.388 e. The van der Waals surface area contributed by atoms with Gasteiger partial charge in [0.05, 0.1) is 23.3 Å². The van der Waals surface area contributed by atoms with Gasteiger partial charge in [0, 0.05) is 6.07 Å². The summed E-state index contributed by atoms with van der Waals surface area (Å²) in [6.07, 6.45) is 7.04. The van der Waals surface area contributed by atoms with Crippen LogP contribution >= 0.6 is 0 Å². The number of nitro benzene ring substituents is 1. The quantitative estimate of drug-likeness (QED) is 0.557. The van der Waals surface area contributed by atoms with Crippen molar-refractivity contribution in [2.45, 2.75) is 44.2 Å². The van der Waals surface area contributed by atoms with Gasteiger partial charge < -0.3 is 5.11 Å². The zero-order valence-electron chi connectivity index (χ0n) is 14.6. The standard InChI is InChI=1S/C18H19N5O4/c24-17-13-10-20-22(14-6-2-3-7-15(14)23(26)27)16(13)19-12-21(17)11-18(25)8-4-1-5-9-18/h2-3,6-7,10,12,25H,1,4-5,8-9,11H2. The van der Waals surface area contributed by atoms with E-state index in [4.69, 9.17) is 0 Å². The second-order valence-electron chi connectivity index (χ2n) is 7.00. The summed E-state index contributed by atoms with van der Waals surface area (Å²) in [6.45, 7) is 0.186. The zero-order chi connectivity index (χ0) is 19.0. The molecule has 140 valence electrons. The van der Waals surface area contributed by atoms with Crippen LogP contribution in [0.2, 0.25) is 0 Å². The molecule has 4 rings (SSSR count). The normalized spacial score (nSPS) is 16.5. The van der Waals surface area contributed by atoms with Crippen LogP contribution in [0.4, 0.5) is 5.69 Å². The number of nitrogens with zero attached hydrogens (tertiary/aromatic N) is 5. The van der Waals surface area contributed by atoms with Crippen LogP contribution in [0, 0.1) is 10.1 Å². The molecule has 1 aliphatic carbocycles. The van der Waals surface area contributed by atoms with E-state index in [2.05, 4.69) is 10.1 Å². The first-order valence-corrected chi connectivity index (χ1v) is 8.88. The summed E-state index contributed by atoms with van der Waals surface area (Å²) in [5.74, 6) is 0. The fourth-order valence-electron chi connectivity index (χ4n) is 3.72. The van der Waals surface area contributed by atoms with Crippen LogP contribution in [0.15, 0.2) is 41.6 Å². The zero-order valence-corrected chi connectivity index (χ0v) is 14.6. The molecular weight excluding hydrogens is 350 g/mol. The maximum atomic E-state index is 12.8. The van der Waals surface area contributed by atoms with Crippen molar-refractivity contribution in [3.05, 3.63) is 57.3 Å². The van der Waals surface area contributed by atoms with Crippen molar-refractivity contribution in [1.82, 2.24) is 19.3 Å². The summed E-state index contributed by atoms with van der Waals surface area (Å²) >= 11 is 0. The monoisotopic (exact) mass is 369 g/mol. The van der Waals surface area contributed by atoms with Crippen LogP contribution < -0.4 is 5.56 Å². The molecule has 0 atom stereocenters. The maximum absolute atomic E-state index is 12.8. The summed E-state index contributed by atoms with van der Waals surface area (Å²) < 4.78 is 2.70. The number of benzene rings is 1. The van der Waals surface area contributed by atoms with E-state index in [0.717, 1.165) is 19.3 Å². The molecule has 0 bridgehead atoms. The van der Waals surface area contributed by atoms with Gasteiger partial charge >= 0.3 is 0 Å². The van der Waals surface area contributed by atoms with Crippen molar-refractivity contribution in [3.8, 4) is 5.69 Å². The van der Waals surface area contributed by atoms with E-state index in [0.29, 0.717) is 12.8 Å². The van der Waals surface area contributed by atoms with E-state index >= 15 is 0 Å². The molecule has 0 unspecified atom stereocenters. The molecule has 0 aliphatic heterocycles. The molecule has 1 aliphatic rings. The Hall–Kier alpha value is -3.07. The number of para-hydroxylation sites is 2. The molecule has 9 heteroatoms. The minimum Gasteiger partial charge on any atom is -0.388 e. The number of rotatable bonds is 4. The SMILES string of the molecule is O=c1c2cnn(-c3ccccc3[N+](=O)[O-])c2ncn1CC1(O)CCCCC1. The number of fused-ring (bicyclic) bond motifs is 1. The molecule has 1 N–H and O–H groups in total. The molecule has 2 aromatic heterocycles. The van der Waals surface area contributed by atoms with Gasteiger partial charge in [-0.2, -0.15) is 5.10 Å². The highest BCUT2D eigenvalue weighted by atomic mass is 16.6. The molecule has 0 spiro atoms. The molecule has 3 aromatic rings. The average molecular weight is 369 g/mol. The first kappa shape index (κ1) is 17.3. The number of aromatic nitrogens is 4. The van der Waals surface area contributed by atoms with E-state index in [1.165, 1.54) is 27.8 Å². The Labute approximate surface area is 154 Å². The Morgan fingerprint density at radius 2 is 1.96 bits per heavy atom. The predicted molar refractivity (Wildman–Crippen MR) is 97.8 cm³/mol. The first-order valence-electron chi connectivity index (χ1n) is 8.88. The van der Waals surface area contributed by atoms with E-state index in [1.807, 2.05) is 0 Å². The van der Waals surface area contributed by atoms with Gasteiger partial charge in [0.25, 0.3) is 11.2 Å². The maximum Gasteiger partial charge on any atom is 0.294 e. The molecule has 1 aromatic carbocycles. The number of hydrogen-bond donors (Lipinski definition) is 1. The van der Waals surface area contributed by atoms with E-state index in [1.54, 1.807) is 18.2 Å². The Balaban J connectivity index is 1.77. The van der Waals surface area contributed by atoms with Crippen LogP contribution in [-0.2, 0) is 6.54 Å². The minimum absolute atomic E-state index is 0.120. The summed E-state index contributed by atoms with van der Waals surface area (Å²) in [5, 5.41) is 26.4. The van der Waals surface area contributed by atoms with E-state index < -0.39 is 10.5 Å². The fraction of sp³-hybridized carbons (Fsp3) is 0.389. The van der Waals surface area contributed by atoms with E-state index in [9.17, 15) is 20.0 Å². The van der Waals surface area contributed by atoms with Gasteiger partial charge in [-0.15, -0.1) is 0 Å². The number of nitro groups is 1.